The maximum atomic E-state index is 6.24. The molecule has 0 radical (unpaired) electrons. The van der Waals surface area contributed by atoms with Crippen LogP contribution in [0.5, 0.6) is 5.75 Å². The molecule has 0 amide bonds. The van der Waals surface area contributed by atoms with E-state index in [1.807, 2.05) is 30.5 Å². The molecule has 7 heteroatoms. The average molecular weight is 659 g/mol. The van der Waals surface area contributed by atoms with Gasteiger partial charge in [0.05, 0.1) is 26.0 Å². The van der Waals surface area contributed by atoms with Crippen molar-refractivity contribution in [3.8, 4) is 5.75 Å². The van der Waals surface area contributed by atoms with E-state index in [9.17, 15) is 0 Å². The summed E-state index contributed by atoms with van der Waals surface area (Å²) in [5.41, 5.74) is 4.16. The minimum Gasteiger partial charge on any atom is -0.487 e. The summed E-state index contributed by atoms with van der Waals surface area (Å²) in [6.07, 6.45) is 1.89. The van der Waals surface area contributed by atoms with Gasteiger partial charge in [0.2, 0.25) is 0 Å². The standard InChI is InChI=1S/C24H21ClI2N2O2/c25-21-4-2-1-3-18(21)16-31-24-22(26)13-17(14-23(24)27)15-28-19-5-7-20(8-6-19)29-9-11-30-12-10-29/h1-8,13-15H,9-12,16H2. The number of aliphatic imine (C=N–C) groups is 1. The van der Waals surface area contributed by atoms with Gasteiger partial charge in [0.15, 0.2) is 0 Å². The second-order valence-corrected chi connectivity index (χ2v) is 9.80. The second kappa shape index (κ2) is 11.0. The zero-order chi connectivity index (χ0) is 21.6. The van der Waals surface area contributed by atoms with Crippen molar-refractivity contribution in [2.45, 2.75) is 6.61 Å². The Kier molecular flexibility index (Phi) is 8.08. The smallest absolute Gasteiger partial charge is 0.146 e. The SMILES string of the molecule is Clc1ccccc1COc1c(I)cc(C=Nc2ccc(N3CCOCC3)cc2)cc1I. The Morgan fingerprint density at radius 3 is 2.35 bits per heavy atom. The Bertz CT molecular complexity index is 1040. The van der Waals surface area contributed by atoms with E-state index >= 15 is 0 Å². The highest BCUT2D eigenvalue weighted by Crippen LogP contribution is 2.30. The van der Waals surface area contributed by atoms with Crippen LogP contribution in [0.3, 0.4) is 0 Å². The van der Waals surface area contributed by atoms with Crippen LogP contribution in [0.15, 0.2) is 65.7 Å². The first kappa shape index (κ1) is 22.8. The molecule has 160 valence electrons. The van der Waals surface area contributed by atoms with Crippen molar-refractivity contribution < 1.29 is 9.47 Å². The zero-order valence-electron chi connectivity index (χ0n) is 16.7. The van der Waals surface area contributed by atoms with E-state index in [0.717, 1.165) is 61.0 Å². The van der Waals surface area contributed by atoms with Gasteiger partial charge < -0.3 is 14.4 Å². The lowest BCUT2D eigenvalue weighted by Crippen LogP contribution is -2.36. The van der Waals surface area contributed by atoms with Crippen LogP contribution in [0.2, 0.25) is 5.02 Å². The van der Waals surface area contributed by atoms with Crippen LogP contribution in [-0.4, -0.2) is 32.5 Å². The molecule has 0 aliphatic carbocycles. The van der Waals surface area contributed by atoms with Gasteiger partial charge in [-0.15, -0.1) is 0 Å². The van der Waals surface area contributed by atoms with Gasteiger partial charge in [0.1, 0.15) is 12.4 Å². The summed E-state index contributed by atoms with van der Waals surface area (Å²) in [4.78, 5) is 6.98. The normalized spacial score (nSPS) is 14.2. The monoisotopic (exact) mass is 658 g/mol. The van der Waals surface area contributed by atoms with Crippen molar-refractivity contribution in [2.24, 2.45) is 4.99 Å². The quantitative estimate of drug-likeness (QED) is 0.218. The van der Waals surface area contributed by atoms with Gasteiger partial charge in [-0.2, -0.15) is 0 Å². The van der Waals surface area contributed by atoms with Crippen LogP contribution >= 0.6 is 56.8 Å². The lowest BCUT2D eigenvalue weighted by molar-refractivity contribution is 0.122. The fraction of sp³-hybridized carbons (Fsp3) is 0.208. The van der Waals surface area contributed by atoms with Crippen LogP contribution in [-0.2, 0) is 11.3 Å². The molecule has 3 aromatic carbocycles. The van der Waals surface area contributed by atoms with Crippen molar-refractivity contribution in [3.05, 3.63) is 84.0 Å². The first-order valence-corrected chi connectivity index (χ1v) is 12.5. The third-order valence-electron chi connectivity index (χ3n) is 4.94. The third kappa shape index (κ3) is 6.12. The maximum Gasteiger partial charge on any atom is 0.146 e. The summed E-state index contributed by atoms with van der Waals surface area (Å²) in [5, 5.41) is 0.718. The molecule has 0 saturated carbocycles. The summed E-state index contributed by atoms with van der Waals surface area (Å²) in [6, 6.07) is 20.3. The first-order valence-electron chi connectivity index (χ1n) is 9.92. The molecule has 31 heavy (non-hydrogen) atoms. The molecule has 3 aromatic rings. The van der Waals surface area contributed by atoms with E-state index in [4.69, 9.17) is 21.1 Å². The Hall–Kier alpha value is -1.36. The fourth-order valence-electron chi connectivity index (χ4n) is 3.28. The van der Waals surface area contributed by atoms with Crippen LogP contribution < -0.4 is 9.64 Å². The largest absolute Gasteiger partial charge is 0.487 e. The van der Waals surface area contributed by atoms with Crippen LogP contribution in [0.4, 0.5) is 11.4 Å². The van der Waals surface area contributed by atoms with Gasteiger partial charge in [0, 0.05) is 35.6 Å². The van der Waals surface area contributed by atoms with E-state index in [1.165, 1.54) is 5.69 Å². The van der Waals surface area contributed by atoms with Crippen molar-refractivity contribution in [1.82, 2.24) is 0 Å². The van der Waals surface area contributed by atoms with Crippen LogP contribution in [0.1, 0.15) is 11.1 Å². The number of halogens is 3. The number of nitrogens with zero attached hydrogens (tertiary/aromatic N) is 2. The molecule has 4 rings (SSSR count). The predicted octanol–water partition coefficient (Wildman–Crippen LogP) is 6.72. The molecule has 1 aliphatic rings. The van der Waals surface area contributed by atoms with Crippen LogP contribution in [0.25, 0.3) is 0 Å². The Morgan fingerprint density at radius 1 is 1.00 bits per heavy atom. The molecule has 0 bridgehead atoms. The fourth-order valence-corrected chi connectivity index (χ4v) is 5.60. The highest BCUT2D eigenvalue weighted by atomic mass is 127. The third-order valence-corrected chi connectivity index (χ3v) is 6.91. The van der Waals surface area contributed by atoms with E-state index in [1.54, 1.807) is 0 Å². The molecule has 1 aliphatic heterocycles. The second-order valence-electron chi connectivity index (χ2n) is 7.07. The molecule has 0 N–H and O–H groups in total. The molecule has 1 heterocycles. The summed E-state index contributed by atoms with van der Waals surface area (Å²) < 4.78 is 13.6. The van der Waals surface area contributed by atoms with Gasteiger partial charge in [-0.3, -0.25) is 4.99 Å². The zero-order valence-corrected chi connectivity index (χ0v) is 21.8. The number of benzene rings is 3. The number of rotatable bonds is 6. The highest BCUT2D eigenvalue weighted by Gasteiger charge is 2.11. The van der Waals surface area contributed by atoms with Gasteiger partial charge in [-0.25, -0.2) is 0 Å². The average Bonchev–Trinajstić information content (AvgIpc) is 2.79. The lowest BCUT2D eigenvalue weighted by Gasteiger charge is -2.28. The van der Waals surface area contributed by atoms with Crippen molar-refractivity contribution in [2.75, 3.05) is 31.2 Å². The van der Waals surface area contributed by atoms with E-state index in [2.05, 4.69) is 91.5 Å². The number of morpholine rings is 1. The molecule has 0 unspecified atom stereocenters. The molecule has 0 atom stereocenters. The molecule has 1 fully saturated rings. The van der Waals surface area contributed by atoms with Gasteiger partial charge >= 0.3 is 0 Å². The van der Waals surface area contributed by atoms with E-state index in [-0.39, 0.29) is 0 Å². The Morgan fingerprint density at radius 2 is 1.68 bits per heavy atom. The highest BCUT2D eigenvalue weighted by molar-refractivity contribution is 14.1. The maximum absolute atomic E-state index is 6.24. The predicted molar refractivity (Wildman–Crippen MR) is 144 cm³/mol. The number of hydrogen-bond donors (Lipinski definition) is 0. The van der Waals surface area contributed by atoms with Crippen LogP contribution in [0, 0.1) is 7.14 Å². The molecule has 1 saturated heterocycles. The minimum atomic E-state index is 0.439. The molecular formula is C24H21ClI2N2O2. The van der Waals surface area contributed by atoms with Gasteiger partial charge in [0.25, 0.3) is 0 Å². The van der Waals surface area contributed by atoms with Crippen molar-refractivity contribution >= 4 is 74.4 Å². The Balaban J connectivity index is 1.43. The number of hydrogen-bond acceptors (Lipinski definition) is 4. The molecule has 4 nitrogen and oxygen atoms in total. The molecule has 0 spiro atoms. The molecule has 0 aromatic heterocycles. The summed E-state index contributed by atoms with van der Waals surface area (Å²) in [6.45, 7) is 3.88. The van der Waals surface area contributed by atoms with Crippen molar-refractivity contribution in [3.63, 3.8) is 0 Å². The van der Waals surface area contributed by atoms with Gasteiger partial charge in [-0.1, -0.05) is 29.8 Å². The minimum absolute atomic E-state index is 0.439. The topological polar surface area (TPSA) is 34.1 Å². The first-order chi connectivity index (χ1) is 15.1. The number of anilines is 1. The van der Waals surface area contributed by atoms with Gasteiger partial charge in [-0.05, 0) is 93.2 Å². The molecular weight excluding hydrogens is 638 g/mol. The Labute approximate surface area is 214 Å². The number of ether oxygens (including phenoxy) is 2. The lowest BCUT2D eigenvalue weighted by atomic mass is 10.2. The van der Waals surface area contributed by atoms with Crippen molar-refractivity contribution in [1.29, 1.82) is 0 Å². The summed E-state index contributed by atoms with van der Waals surface area (Å²) >= 11 is 10.9. The van der Waals surface area contributed by atoms with E-state index in [0.29, 0.717) is 6.61 Å². The van der Waals surface area contributed by atoms with E-state index < -0.39 is 0 Å². The summed E-state index contributed by atoms with van der Waals surface area (Å²) in [7, 11) is 0. The summed E-state index contributed by atoms with van der Waals surface area (Å²) in [5.74, 6) is 0.869.